The molecule has 32 heavy (non-hydrogen) atoms. The Balaban J connectivity index is 0.00000116. The Labute approximate surface area is 202 Å². The van der Waals surface area contributed by atoms with Crippen LogP contribution in [0.15, 0.2) is 42.6 Å². The Morgan fingerprint density at radius 3 is 1.78 bits per heavy atom. The molecule has 0 unspecified atom stereocenters. The van der Waals surface area contributed by atoms with Gasteiger partial charge in [0.1, 0.15) is 0 Å². The van der Waals surface area contributed by atoms with Crippen LogP contribution in [-0.2, 0) is 0 Å². The van der Waals surface area contributed by atoms with Crippen molar-refractivity contribution in [2.24, 2.45) is 11.8 Å². The van der Waals surface area contributed by atoms with Crippen LogP contribution in [0, 0.1) is 11.8 Å². The molecular formula is C29H53N3. The zero-order chi connectivity index (χ0) is 25.1. The van der Waals surface area contributed by atoms with Crippen molar-refractivity contribution in [1.82, 2.24) is 14.7 Å². The van der Waals surface area contributed by atoms with Gasteiger partial charge in [-0.05, 0) is 76.5 Å². The Kier molecular flexibility index (Phi) is 16.8. The van der Waals surface area contributed by atoms with E-state index in [4.69, 9.17) is 6.47 Å². The van der Waals surface area contributed by atoms with Crippen molar-refractivity contribution in [3.8, 4) is 11.3 Å². The molecule has 1 aliphatic carbocycles. The van der Waals surface area contributed by atoms with Crippen LogP contribution in [-0.4, -0.2) is 34.8 Å². The van der Waals surface area contributed by atoms with Crippen molar-refractivity contribution in [1.29, 1.82) is 0 Å². The van der Waals surface area contributed by atoms with E-state index in [0.29, 0.717) is 13.1 Å². The molecule has 0 radical (unpaired) electrons. The van der Waals surface area contributed by atoms with E-state index < -0.39 is 0 Å². The zero-order valence-electron chi connectivity index (χ0n) is 23.5. The van der Waals surface area contributed by atoms with Gasteiger partial charge in [-0.25, -0.2) is 0 Å². The number of nitrogens with zero attached hydrogens (tertiary/aromatic N) is 3. The summed E-state index contributed by atoms with van der Waals surface area (Å²) in [6.07, 6.45) is 9.98. The van der Waals surface area contributed by atoms with Crippen LogP contribution < -0.4 is 0 Å². The number of hydrogen-bond donors (Lipinski definition) is 0. The first-order chi connectivity index (χ1) is 16.3. The molecule has 0 atom stereocenters. The fourth-order valence-corrected chi connectivity index (χ4v) is 4.57. The number of piperidine rings is 1. The van der Waals surface area contributed by atoms with Gasteiger partial charge in [0.05, 0.1) is 11.7 Å². The third-order valence-corrected chi connectivity index (χ3v) is 6.09. The maximum absolute atomic E-state index is 7.51. The minimum atomic E-state index is 0.475. The lowest BCUT2D eigenvalue weighted by molar-refractivity contribution is 0.128. The molecule has 0 spiro atoms. The van der Waals surface area contributed by atoms with E-state index in [1.165, 1.54) is 44.1 Å². The second-order valence-corrected chi connectivity index (χ2v) is 7.57. The first-order valence-corrected chi connectivity index (χ1v) is 13.5. The van der Waals surface area contributed by atoms with E-state index in [1.807, 2.05) is 55.4 Å². The van der Waals surface area contributed by atoms with E-state index in [9.17, 15) is 0 Å². The van der Waals surface area contributed by atoms with E-state index in [0.717, 1.165) is 30.6 Å². The average molecular weight is 445 g/mol. The van der Waals surface area contributed by atoms with Crippen LogP contribution in [0.25, 0.3) is 11.3 Å². The highest BCUT2D eigenvalue weighted by atomic mass is 15.3. The van der Waals surface area contributed by atoms with Gasteiger partial charge in [0.25, 0.3) is 0 Å². The van der Waals surface area contributed by atoms with Gasteiger partial charge >= 0.3 is 0 Å². The van der Waals surface area contributed by atoms with Gasteiger partial charge < -0.3 is 4.90 Å². The van der Waals surface area contributed by atoms with E-state index in [1.54, 1.807) is 0 Å². The smallest absolute Gasteiger partial charge is 0.0923 e. The van der Waals surface area contributed by atoms with E-state index in [-0.39, 0.29) is 0 Å². The molecule has 2 aliphatic rings. The summed E-state index contributed by atoms with van der Waals surface area (Å²) in [7, 11) is 0.475. The van der Waals surface area contributed by atoms with Crippen LogP contribution >= 0.6 is 0 Å². The van der Waals surface area contributed by atoms with Gasteiger partial charge in [-0.2, -0.15) is 5.10 Å². The summed E-state index contributed by atoms with van der Waals surface area (Å²) < 4.78 is 9.72. The highest BCUT2D eigenvalue weighted by Gasteiger charge is 2.30. The summed E-state index contributed by atoms with van der Waals surface area (Å²) in [5.74, 6) is 1.79. The highest BCUT2D eigenvalue weighted by Crippen LogP contribution is 2.39. The van der Waals surface area contributed by atoms with Crippen molar-refractivity contribution in [3.05, 3.63) is 42.6 Å². The fourth-order valence-electron chi connectivity index (χ4n) is 4.57. The molecule has 184 valence electrons. The number of hydrogen-bond acceptors (Lipinski definition) is 2. The molecule has 2 heterocycles. The molecule has 3 nitrogen and oxygen atoms in total. The predicted octanol–water partition coefficient (Wildman–Crippen LogP) is 8.73. The van der Waals surface area contributed by atoms with Crippen molar-refractivity contribution in [2.45, 2.75) is 100.0 Å². The largest absolute Gasteiger partial charge is 0.306 e. The Morgan fingerprint density at radius 2 is 1.25 bits per heavy atom. The average Bonchev–Trinajstić information content (AvgIpc) is 3.44. The summed E-state index contributed by atoms with van der Waals surface area (Å²) in [5.41, 5.74) is 2.29. The van der Waals surface area contributed by atoms with Crippen molar-refractivity contribution in [2.75, 3.05) is 20.1 Å². The monoisotopic (exact) mass is 444 g/mol. The van der Waals surface area contributed by atoms with Gasteiger partial charge in [0.15, 0.2) is 0 Å². The summed E-state index contributed by atoms with van der Waals surface area (Å²) in [6.45, 7) is 18.3. The predicted molar refractivity (Wildman–Crippen MR) is 144 cm³/mol. The lowest BCUT2D eigenvalue weighted by atomic mass is 9.74. The van der Waals surface area contributed by atoms with Gasteiger partial charge in [-0.3, -0.25) is 4.68 Å². The minimum absolute atomic E-state index is 0.475. The van der Waals surface area contributed by atoms with E-state index >= 15 is 0 Å². The molecule has 2 fully saturated rings. The minimum Gasteiger partial charge on any atom is -0.306 e. The molecule has 1 aromatic carbocycles. The highest BCUT2D eigenvalue weighted by molar-refractivity contribution is 5.58. The molecule has 0 amide bonds. The number of rotatable bonds is 3. The molecule has 1 saturated heterocycles. The van der Waals surface area contributed by atoms with Crippen molar-refractivity contribution < 1.29 is 1.37 Å². The first-order valence-electron chi connectivity index (χ1n) is 14.2. The van der Waals surface area contributed by atoms with E-state index in [2.05, 4.69) is 52.2 Å². The lowest BCUT2D eigenvalue weighted by Crippen LogP contribution is -2.34. The molecule has 1 saturated carbocycles. The van der Waals surface area contributed by atoms with Crippen LogP contribution in [0.3, 0.4) is 0 Å². The van der Waals surface area contributed by atoms with Crippen LogP contribution in [0.2, 0.25) is 0 Å². The third kappa shape index (κ3) is 9.48. The molecule has 4 rings (SSSR count). The quantitative estimate of drug-likeness (QED) is 0.472. The molecule has 3 heteroatoms. The normalized spacial score (nSPS) is 21.1. The molecular weight excluding hydrogens is 390 g/mol. The fraction of sp³-hybridized carbons (Fsp3) is 0.690. The summed E-state index contributed by atoms with van der Waals surface area (Å²) >= 11 is 0. The summed E-state index contributed by atoms with van der Waals surface area (Å²) in [6, 6.07) is 13.2. The molecule has 0 bridgehead atoms. The maximum Gasteiger partial charge on any atom is 0.0923 e. The first kappa shape index (κ1) is 28.4. The van der Waals surface area contributed by atoms with Gasteiger partial charge in [0.2, 0.25) is 0 Å². The summed E-state index contributed by atoms with van der Waals surface area (Å²) in [5, 5.41) is 4.85. The number of aromatic nitrogens is 2. The molecule has 2 aromatic rings. The Bertz CT molecular complexity index is 655. The van der Waals surface area contributed by atoms with Crippen LogP contribution in [0.4, 0.5) is 0 Å². The van der Waals surface area contributed by atoms with Gasteiger partial charge in [-0.15, -0.1) is 0 Å². The van der Waals surface area contributed by atoms with Crippen molar-refractivity contribution >= 4 is 0 Å². The Hall–Kier alpha value is -1.61. The zero-order valence-corrected chi connectivity index (χ0v) is 22.5. The Morgan fingerprint density at radius 1 is 0.719 bits per heavy atom. The molecule has 1 aliphatic heterocycles. The van der Waals surface area contributed by atoms with Crippen LogP contribution in [0.5, 0.6) is 0 Å². The van der Waals surface area contributed by atoms with Gasteiger partial charge in [-0.1, -0.05) is 85.7 Å². The second-order valence-electron chi connectivity index (χ2n) is 7.57. The molecule has 0 N–H and O–H groups in total. The summed E-state index contributed by atoms with van der Waals surface area (Å²) in [4.78, 5) is 2.27. The number of likely N-dealkylation sites (tertiary alicyclic amines) is 1. The third-order valence-electron chi connectivity index (χ3n) is 6.09. The standard InChI is InChI=1S/C21H29N3.4C2H6/c1-23-14-11-18(12-15-23)17-7-9-20(10-8-17)24-16-13-21(22-24)19-5-3-2-4-6-19;4*1-2/h2-6,13,16-18,20H,7-12,14-15H2,1H3;4*1-2H3/i1D;;;;. The number of benzene rings is 1. The maximum atomic E-state index is 7.51. The topological polar surface area (TPSA) is 21.1 Å². The van der Waals surface area contributed by atoms with Crippen molar-refractivity contribution in [3.63, 3.8) is 0 Å². The SMILES string of the molecule is CC.CC.CC.CC.[2H]CN1CCC(C2CCC(n3ccc(-c4ccccc4)n3)CC2)CC1. The van der Waals surface area contributed by atoms with Gasteiger partial charge in [0, 0.05) is 13.1 Å². The van der Waals surface area contributed by atoms with Crippen LogP contribution in [0.1, 0.15) is 101 Å². The lowest BCUT2D eigenvalue weighted by Gasteiger charge is -2.38. The second kappa shape index (κ2) is 18.9. The molecule has 1 aromatic heterocycles.